The van der Waals surface area contributed by atoms with Gasteiger partial charge in [0.25, 0.3) is 0 Å². The van der Waals surface area contributed by atoms with Crippen LogP contribution < -0.4 is 15.8 Å². The first-order chi connectivity index (χ1) is 8.19. The molecule has 0 aromatic heterocycles. The fraction of sp³-hybridized carbons (Fsp3) is 0.462. The minimum atomic E-state index is 0.0520. The number of nitrogens with one attached hydrogen (secondary N) is 1. The van der Waals surface area contributed by atoms with Gasteiger partial charge in [0.05, 0.1) is 7.11 Å². The lowest BCUT2D eigenvalue weighted by Crippen LogP contribution is -2.23. The predicted octanol–water partition coefficient (Wildman–Crippen LogP) is 1.76. The normalized spacial score (nSPS) is 23.4. The molecule has 0 spiro atoms. The third-order valence-corrected chi connectivity index (χ3v) is 3.18. The number of ether oxygens (including phenoxy) is 1. The largest absolute Gasteiger partial charge is 0.497 e. The summed E-state index contributed by atoms with van der Waals surface area (Å²) in [6.07, 6.45) is 2.61. The van der Waals surface area contributed by atoms with Gasteiger partial charge in [0.2, 0.25) is 5.91 Å². The Labute approximate surface area is 101 Å². The lowest BCUT2D eigenvalue weighted by Gasteiger charge is -2.11. The van der Waals surface area contributed by atoms with E-state index in [4.69, 9.17) is 10.5 Å². The molecule has 92 valence electrons. The minimum Gasteiger partial charge on any atom is -0.497 e. The van der Waals surface area contributed by atoms with E-state index in [1.807, 2.05) is 24.3 Å². The third kappa shape index (κ3) is 2.97. The molecule has 1 aliphatic carbocycles. The molecule has 0 aliphatic heterocycles. The molecule has 1 fully saturated rings. The molecule has 0 bridgehead atoms. The first-order valence-electron chi connectivity index (χ1n) is 5.89. The van der Waals surface area contributed by atoms with Gasteiger partial charge in [0.15, 0.2) is 0 Å². The molecule has 2 rings (SSSR count). The van der Waals surface area contributed by atoms with Crippen LogP contribution in [0.2, 0.25) is 0 Å². The summed E-state index contributed by atoms with van der Waals surface area (Å²) in [5.41, 5.74) is 6.57. The molecule has 0 saturated heterocycles. The third-order valence-electron chi connectivity index (χ3n) is 3.18. The Kier molecular flexibility index (Phi) is 3.64. The summed E-state index contributed by atoms with van der Waals surface area (Å²) in [4.78, 5) is 12.0. The van der Waals surface area contributed by atoms with Crippen molar-refractivity contribution in [2.24, 2.45) is 11.7 Å². The molecule has 1 aromatic carbocycles. The molecule has 1 amide bonds. The van der Waals surface area contributed by atoms with Gasteiger partial charge in [-0.05, 0) is 31.4 Å². The Bertz CT molecular complexity index is 406. The summed E-state index contributed by atoms with van der Waals surface area (Å²) in [7, 11) is 1.61. The molecular formula is C13H18N2O2. The number of carbonyl (C=O) groups excluding carboxylic acids is 1. The van der Waals surface area contributed by atoms with Gasteiger partial charge in [-0.3, -0.25) is 4.79 Å². The first kappa shape index (κ1) is 11.9. The van der Waals surface area contributed by atoms with Crippen molar-refractivity contribution in [3.8, 4) is 5.75 Å². The molecule has 1 aromatic rings. The highest BCUT2D eigenvalue weighted by Crippen LogP contribution is 2.26. The van der Waals surface area contributed by atoms with Crippen molar-refractivity contribution < 1.29 is 9.53 Å². The van der Waals surface area contributed by atoms with Crippen molar-refractivity contribution in [2.45, 2.75) is 25.3 Å². The Balaban J connectivity index is 1.98. The average molecular weight is 234 g/mol. The lowest BCUT2D eigenvalue weighted by atomic mass is 10.1. The van der Waals surface area contributed by atoms with Gasteiger partial charge in [0.1, 0.15) is 5.75 Å². The van der Waals surface area contributed by atoms with Crippen molar-refractivity contribution in [1.82, 2.24) is 0 Å². The summed E-state index contributed by atoms with van der Waals surface area (Å²) in [5.74, 6) is 0.855. The lowest BCUT2D eigenvalue weighted by molar-refractivity contribution is -0.119. The first-order valence-corrected chi connectivity index (χ1v) is 5.89. The number of amides is 1. The van der Waals surface area contributed by atoms with Gasteiger partial charge < -0.3 is 15.8 Å². The van der Waals surface area contributed by atoms with Crippen LogP contribution in [0.25, 0.3) is 0 Å². The molecule has 0 radical (unpaired) electrons. The molecule has 4 heteroatoms. The number of benzene rings is 1. The molecule has 17 heavy (non-hydrogen) atoms. The van der Waals surface area contributed by atoms with Gasteiger partial charge in [-0.25, -0.2) is 0 Å². The van der Waals surface area contributed by atoms with E-state index in [2.05, 4.69) is 5.32 Å². The highest BCUT2D eigenvalue weighted by molar-refractivity contribution is 5.92. The molecule has 2 atom stereocenters. The van der Waals surface area contributed by atoms with E-state index < -0.39 is 0 Å². The zero-order chi connectivity index (χ0) is 12.3. The number of rotatable bonds is 3. The van der Waals surface area contributed by atoms with Crippen LogP contribution in [0.4, 0.5) is 5.69 Å². The molecule has 0 unspecified atom stereocenters. The molecule has 0 heterocycles. The van der Waals surface area contributed by atoms with E-state index in [0.29, 0.717) is 0 Å². The van der Waals surface area contributed by atoms with Gasteiger partial charge >= 0.3 is 0 Å². The molecule has 3 N–H and O–H groups in total. The fourth-order valence-corrected chi connectivity index (χ4v) is 2.20. The van der Waals surface area contributed by atoms with Crippen LogP contribution in [0.5, 0.6) is 5.75 Å². The second-order valence-corrected chi connectivity index (χ2v) is 4.49. The average Bonchev–Trinajstić information content (AvgIpc) is 2.76. The Morgan fingerprint density at radius 1 is 1.47 bits per heavy atom. The number of hydrogen-bond donors (Lipinski definition) is 2. The van der Waals surface area contributed by atoms with Crippen molar-refractivity contribution in [3.05, 3.63) is 24.3 Å². The second-order valence-electron chi connectivity index (χ2n) is 4.49. The number of methoxy groups -OCH3 is 1. The van der Waals surface area contributed by atoms with Crippen molar-refractivity contribution >= 4 is 11.6 Å². The van der Waals surface area contributed by atoms with Crippen molar-refractivity contribution in [1.29, 1.82) is 0 Å². The highest BCUT2D eigenvalue weighted by Gasteiger charge is 2.27. The zero-order valence-corrected chi connectivity index (χ0v) is 9.98. The SMILES string of the molecule is COc1cccc(NC(=O)[C@@H]2CC[C@@H](N)C2)c1. The summed E-state index contributed by atoms with van der Waals surface area (Å²) < 4.78 is 5.11. The summed E-state index contributed by atoms with van der Waals surface area (Å²) in [6.45, 7) is 0. The van der Waals surface area contributed by atoms with E-state index >= 15 is 0 Å². The maximum absolute atomic E-state index is 12.0. The summed E-state index contributed by atoms with van der Waals surface area (Å²) in [5, 5.41) is 2.90. The zero-order valence-electron chi connectivity index (χ0n) is 9.98. The summed E-state index contributed by atoms with van der Waals surface area (Å²) >= 11 is 0. The van der Waals surface area contributed by atoms with Crippen LogP contribution >= 0.6 is 0 Å². The van der Waals surface area contributed by atoms with E-state index in [9.17, 15) is 4.79 Å². The highest BCUT2D eigenvalue weighted by atomic mass is 16.5. The van der Waals surface area contributed by atoms with Crippen LogP contribution in [0.1, 0.15) is 19.3 Å². The van der Waals surface area contributed by atoms with E-state index in [-0.39, 0.29) is 17.9 Å². The summed E-state index contributed by atoms with van der Waals surface area (Å²) in [6, 6.07) is 7.55. The number of hydrogen-bond acceptors (Lipinski definition) is 3. The predicted molar refractivity (Wildman–Crippen MR) is 66.9 cm³/mol. The number of carbonyl (C=O) groups is 1. The van der Waals surface area contributed by atoms with Crippen LogP contribution in [-0.4, -0.2) is 19.1 Å². The topological polar surface area (TPSA) is 64.3 Å². The van der Waals surface area contributed by atoms with E-state index in [0.717, 1.165) is 30.7 Å². The van der Waals surface area contributed by atoms with Crippen LogP contribution in [0, 0.1) is 5.92 Å². The van der Waals surface area contributed by atoms with Crippen LogP contribution in [-0.2, 0) is 4.79 Å². The minimum absolute atomic E-state index is 0.0520. The Morgan fingerprint density at radius 2 is 2.29 bits per heavy atom. The Morgan fingerprint density at radius 3 is 2.94 bits per heavy atom. The van der Waals surface area contributed by atoms with Gasteiger partial charge in [0, 0.05) is 23.7 Å². The standard InChI is InChI=1S/C13H18N2O2/c1-17-12-4-2-3-11(8-12)15-13(16)9-5-6-10(14)7-9/h2-4,8-10H,5-7,14H2,1H3,(H,15,16)/t9-,10-/m1/s1. The van der Waals surface area contributed by atoms with E-state index in [1.165, 1.54) is 0 Å². The second kappa shape index (κ2) is 5.19. The van der Waals surface area contributed by atoms with Crippen molar-refractivity contribution in [2.75, 3.05) is 12.4 Å². The number of anilines is 1. The van der Waals surface area contributed by atoms with Crippen molar-refractivity contribution in [3.63, 3.8) is 0 Å². The fourth-order valence-electron chi connectivity index (χ4n) is 2.20. The van der Waals surface area contributed by atoms with Gasteiger partial charge in [-0.1, -0.05) is 6.07 Å². The van der Waals surface area contributed by atoms with Crippen LogP contribution in [0.15, 0.2) is 24.3 Å². The monoisotopic (exact) mass is 234 g/mol. The van der Waals surface area contributed by atoms with Gasteiger partial charge in [-0.15, -0.1) is 0 Å². The molecular weight excluding hydrogens is 216 g/mol. The maximum Gasteiger partial charge on any atom is 0.227 e. The molecule has 1 saturated carbocycles. The maximum atomic E-state index is 12.0. The molecule has 4 nitrogen and oxygen atoms in total. The Hall–Kier alpha value is -1.55. The number of nitrogens with two attached hydrogens (primary N) is 1. The van der Waals surface area contributed by atoms with E-state index in [1.54, 1.807) is 7.11 Å². The van der Waals surface area contributed by atoms with Gasteiger partial charge in [-0.2, -0.15) is 0 Å². The van der Waals surface area contributed by atoms with Crippen LogP contribution in [0.3, 0.4) is 0 Å². The smallest absolute Gasteiger partial charge is 0.227 e. The quantitative estimate of drug-likeness (QED) is 0.837. The molecule has 1 aliphatic rings.